The molecular formula is C22H16N2O7S. The number of sulfonamides is 1. The summed E-state index contributed by atoms with van der Waals surface area (Å²) < 4.78 is 27.4. The highest BCUT2D eigenvalue weighted by molar-refractivity contribution is 7.92. The molecule has 1 aliphatic heterocycles. The third-order valence-electron chi connectivity index (χ3n) is 4.94. The minimum Gasteiger partial charge on any atom is -0.506 e. The number of carboxylic acid groups (broad SMARTS) is 1. The zero-order valence-electron chi connectivity index (χ0n) is 16.3. The number of aromatic hydroxyl groups is 1. The first-order valence-electron chi connectivity index (χ1n) is 9.30. The number of carbonyl (C=O) groups is 3. The Kier molecular flexibility index (Phi) is 5.15. The molecule has 0 radical (unpaired) electrons. The SMILES string of the molecule is O=C(O)c1ccc(NS(=O)(=O)c2ccc(CN3C(=O)c4ccccc4C3=O)cc2)c(O)c1. The molecule has 1 aliphatic rings. The van der Waals surface area contributed by atoms with Gasteiger partial charge in [-0.2, -0.15) is 0 Å². The molecule has 162 valence electrons. The van der Waals surface area contributed by atoms with E-state index in [4.69, 9.17) is 5.11 Å². The second kappa shape index (κ2) is 7.82. The molecule has 3 N–H and O–H groups in total. The summed E-state index contributed by atoms with van der Waals surface area (Å²) in [5, 5.41) is 18.8. The van der Waals surface area contributed by atoms with E-state index in [1.54, 1.807) is 24.3 Å². The number of fused-ring (bicyclic) bond motifs is 1. The summed E-state index contributed by atoms with van der Waals surface area (Å²) in [7, 11) is -4.08. The van der Waals surface area contributed by atoms with Gasteiger partial charge in [0.25, 0.3) is 21.8 Å². The summed E-state index contributed by atoms with van der Waals surface area (Å²) in [4.78, 5) is 36.9. The molecule has 32 heavy (non-hydrogen) atoms. The Hall–Kier alpha value is -4.18. The molecule has 2 amide bonds. The molecule has 0 bridgehead atoms. The number of carbonyl (C=O) groups excluding carboxylic acids is 2. The standard InChI is InChI=1S/C22H16N2O7S/c25-19-11-14(22(28)29)7-10-18(19)23-32(30,31)15-8-5-13(6-9-15)12-24-20(26)16-3-1-2-4-17(16)21(24)27/h1-11,23,25H,12H2,(H,28,29). The van der Waals surface area contributed by atoms with Crippen LogP contribution < -0.4 is 4.72 Å². The van der Waals surface area contributed by atoms with E-state index in [1.165, 1.54) is 24.3 Å². The summed E-state index contributed by atoms with van der Waals surface area (Å²) in [5.41, 5.74) is 0.837. The number of aromatic carboxylic acids is 1. The third-order valence-corrected chi connectivity index (χ3v) is 6.32. The van der Waals surface area contributed by atoms with Crippen LogP contribution in [0.3, 0.4) is 0 Å². The lowest BCUT2D eigenvalue weighted by molar-refractivity contribution is 0.0639. The van der Waals surface area contributed by atoms with Crippen molar-refractivity contribution in [2.24, 2.45) is 0 Å². The number of amides is 2. The summed E-state index contributed by atoms with van der Waals surface area (Å²) in [6.45, 7) is -0.0163. The van der Waals surface area contributed by atoms with Crippen LogP contribution in [0.4, 0.5) is 5.69 Å². The fraction of sp³-hybridized carbons (Fsp3) is 0.0455. The lowest BCUT2D eigenvalue weighted by Crippen LogP contribution is -2.29. The molecule has 3 aromatic rings. The Bertz CT molecular complexity index is 1330. The van der Waals surface area contributed by atoms with Gasteiger partial charge in [-0.1, -0.05) is 24.3 Å². The predicted molar refractivity (Wildman–Crippen MR) is 113 cm³/mol. The van der Waals surface area contributed by atoms with Crippen molar-refractivity contribution in [2.75, 3.05) is 4.72 Å². The van der Waals surface area contributed by atoms with Gasteiger partial charge in [0.1, 0.15) is 5.75 Å². The van der Waals surface area contributed by atoms with Crippen molar-refractivity contribution in [1.82, 2.24) is 4.90 Å². The third kappa shape index (κ3) is 3.79. The number of nitrogens with one attached hydrogen (secondary N) is 1. The number of benzene rings is 3. The molecule has 0 saturated carbocycles. The van der Waals surface area contributed by atoms with Crippen LogP contribution >= 0.6 is 0 Å². The van der Waals surface area contributed by atoms with Crippen LogP contribution in [-0.4, -0.2) is 41.3 Å². The quantitative estimate of drug-likeness (QED) is 0.386. The topological polar surface area (TPSA) is 141 Å². The average Bonchev–Trinajstić information content (AvgIpc) is 3.00. The fourth-order valence-electron chi connectivity index (χ4n) is 3.29. The summed E-state index contributed by atoms with van der Waals surface area (Å²) in [6, 6.07) is 15.3. The summed E-state index contributed by atoms with van der Waals surface area (Å²) in [5.74, 6) is -2.62. The van der Waals surface area contributed by atoms with Gasteiger partial charge < -0.3 is 10.2 Å². The van der Waals surface area contributed by atoms with Gasteiger partial charge in [-0.3, -0.25) is 19.2 Å². The maximum Gasteiger partial charge on any atom is 0.335 e. The normalized spacial score (nSPS) is 13.2. The molecule has 0 spiro atoms. The van der Waals surface area contributed by atoms with E-state index in [1.807, 2.05) is 0 Å². The molecule has 1 heterocycles. The number of phenolic OH excluding ortho intramolecular Hbond substituents is 1. The second-order valence-electron chi connectivity index (χ2n) is 7.03. The van der Waals surface area contributed by atoms with Crippen LogP contribution in [0.15, 0.2) is 71.6 Å². The van der Waals surface area contributed by atoms with Crippen LogP contribution in [-0.2, 0) is 16.6 Å². The Morgan fingerprint density at radius 3 is 2.03 bits per heavy atom. The molecule has 3 aromatic carbocycles. The van der Waals surface area contributed by atoms with E-state index in [0.29, 0.717) is 16.7 Å². The highest BCUT2D eigenvalue weighted by Gasteiger charge is 2.35. The Morgan fingerprint density at radius 1 is 0.906 bits per heavy atom. The maximum absolute atomic E-state index is 12.6. The molecule has 0 atom stereocenters. The van der Waals surface area contributed by atoms with Crippen molar-refractivity contribution in [2.45, 2.75) is 11.4 Å². The first-order chi connectivity index (χ1) is 15.2. The van der Waals surface area contributed by atoms with Gasteiger partial charge in [-0.15, -0.1) is 0 Å². The van der Waals surface area contributed by atoms with Gasteiger partial charge in [-0.05, 0) is 48.0 Å². The van der Waals surface area contributed by atoms with Gasteiger partial charge in [0.15, 0.2) is 0 Å². The monoisotopic (exact) mass is 452 g/mol. The first-order valence-corrected chi connectivity index (χ1v) is 10.8. The Balaban J connectivity index is 1.51. The van der Waals surface area contributed by atoms with E-state index >= 15 is 0 Å². The van der Waals surface area contributed by atoms with Gasteiger partial charge in [-0.25, -0.2) is 13.2 Å². The molecular weight excluding hydrogens is 436 g/mol. The second-order valence-corrected chi connectivity index (χ2v) is 8.71. The minimum atomic E-state index is -4.08. The van der Waals surface area contributed by atoms with Crippen LogP contribution in [0.1, 0.15) is 36.6 Å². The first kappa shape index (κ1) is 21.1. The number of rotatable bonds is 6. The fourth-order valence-corrected chi connectivity index (χ4v) is 4.37. The van der Waals surface area contributed by atoms with E-state index in [0.717, 1.165) is 23.1 Å². The zero-order chi connectivity index (χ0) is 23.0. The van der Waals surface area contributed by atoms with Crippen molar-refractivity contribution < 1.29 is 33.0 Å². The van der Waals surface area contributed by atoms with E-state index < -0.39 is 33.6 Å². The van der Waals surface area contributed by atoms with E-state index in [-0.39, 0.29) is 22.7 Å². The van der Waals surface area contributed by atoms with Crippen LogP contribution in [0.25, 0.3) is 0 Å². The van der Waals surface area contributed by atoms with E-state index in [9.17, 15) is 27.9 Å². The Morgan fingerprint density at radius 2 is 1.50 bits per heavy atom. The van der Waals surface area contributed by atoms with Crippen molar-refractivity contribution in [3.63, 3.8) is 0 Å². The summed E-state index contributed by atoms with van der Waals surface area (Å²) >= 11 is 0. The maximum atomic E-state index is 12.6. The van der Waals surface area contributed by atoms with Gasteiger partial charge in [0.2, 0.25) is 0 Å². The number of anilines is 1. The lowest BCUT2D eigenvalue weighted by Gasteiger charge is -2.14. The Labute approximate surface area is 182 Å². The molecule has 0 unspecified atom stereocenters. The van der Waals surface area contributed by atoms with Gasteiger partial charge in [0, 0.05) is 0 Å². The van der Waals surface area contributed by atoms with E-state index in [2.05, 4.69) is 4.72 Å². The number of imide groups is 1. The van der Waals surface area contributed by atoms with Crippen LogP contribution in [0, 0.1) is 0 Å². The van der Waals surface area contributed by atoms with Crippen LogP contribution in [0.2, 0.25) is 0 Å². The van der Waals surface area contributed by atoms with Crippen molar-refractivity contribution >= 4 is 33.5 Å². The molecule has 0 fully saturated rings. The number of nitrogens with zero attached hydrogens (tertiary/aromatic N) is 1. The van der Waals surface area contributed by atoms with Crippen molar-refractivity contribution in [3.05, 3.63) is 89.0 Å². The smallest absolute Gasteiger partial charge is 0.335 e. The molecule has 0 saturated heterocycles. The summed E-state index contributed by atoms with van der Waals surface area (Å²) in [6.07, 6.45) is 0. The zero-order valence-corrected chi connectivity index (χ0v) is 17.2. The number of phenols is 1. The molecule has 9 nitrogen and oxygen atoms in total. The molecule has 0 aromatic heterocycles. The van der Waals surface area contributed by atoms with Crippen molar-refractivity contribution in [1.29, 1.82) is 0 Å². The molecule has 4 rings (SSSR count). The van der Waals surface area contributed by atoms with Gasteiger partial charge in [0.05, 0.1) is 33.8 Å². The van der Waals surface area contributed by atoms with Crippen molar-refractivity contribution in [3.8, 4) is 5.75 Å². The minimum absolute atomic E-state index is 0.0163. The van der Waals surface area contributed by atoms with Crippen LogP contribution in [0.5, 0.6) is 5.75 Å². The highest BCUT2D eigenvalue weighted by Crippen LogP contribution is 2.28. The lowest BCUT2D eigenvalue weighted by atomic mass is 10.1. The van der Waals surface area contributed by atoms with Gasteiger partial charge >= 0.3 is 5.97 Å². The number of hydrogen-bond acceptors (Lipinski definition) is 6. The molecule has 0 aliphatic carbocycles. The molecule has 10 heteroatoms. The highest BCUT2D eigenvalue weighted by atomic mass is 32.2. The predicted octanol–water partition coefficient (Wildman–Crippen LogP) is 2.69. The average molecular weight is 452 g/mol. The number of carboxylic acids is 1. The number of hydrogen-bond donors (Lipinski definition) is 3. The largest absolute Gasteiger partial charge is 0.506 e.